The van der Waals surface area contributed by atoms with E-state index in [1.54, 1.807) is 60.8 Å². The quantitative estimate of drug-likeness (QED) is 0.257. The van der Waals surface area contributed by atoms with Gasteiger partial charge in [0.05, 0.1) is 39.8 Å². The number of aromatic nitrogens is 2. The highest BCUT2D eigenvalue weighted by atomic mass is 16.5. The lowest BCUT2D eigenvalue weighted by Gasteiger charge is -2.15. The van der Waals surface area contributed by atoms with E-state index in [-0.39, 0.29) is 17.2 Å². The summed E-state index contributed by atoms with van der Waals surface area (Å²) in [5.74, 6) is 1.38. The van der Waals surface area contributed by atoms with Crippen molar-refractivity contribution >= 4 is 11.9 Å². The fraction of sp³-hybridized carbons (Fsp3) is 0.143. The molecule has 0 saturated carbocycles. The Bertz CT molecular complexity index is 1510. The molecule has 4 aromatic rings. The molecule has 0 fully saturated rings. The number of carbonyl (C=O) groups excluding carboxylic acids is 1. The fourth-order valence-electron chi connectivity index (χ4n) is 3.93. The third kappa shape index (κ3) is 5.06. The number of nitrogens with one attached hydrogen (secondary N) is 1. The normalized spacial score (nSPS) is 10.9. The number of methoxy groups -OCH3 is 4. The van der Waals surface area contributed by atoms with Crippen LogP contribution in [0.2, 0.25) is 0 Å². The first-order valence-corrected chi connectivity index (χ1v) is 11.2. The molecule has 4 rings (SSSR count). The minimum atomic E-state index is -0.375. The molecule has 1 heterocycles. The van der Waals surface area contributed by atoms with Gasteiger partial charge in [-0.25, -0.2) is 4.79 Å². The summed E-state index contributed by atoms with van der Waals surface area (Å²) in [6.45, 7) is 0. The molecule has 37 heavy (non-hydrogen) atoms. The van der Waals surface area contributed by atoms with Gasteiger partial charge in [-0.3, -0.25) is 9.36 Å². The lowest BCUT2D eigenvalue weighted by atomic mass is 10.1. The van der Waals surface area contributed by atoms with E-state index >= 15 is 0 Å². The standard InChI is InChI=1S/C28H26N2O7/c1-34-24-12-17(9-11-23(24)32)8-10-22(31)18-6-5-7-20(13-18)30-21(16-29-28(30)33)19-14-25(35-2)27(37-4)26(15-19)36-3/h5-16,32H,1-4H3,(H,29,33). The van der Waals surface area contributed by atoms with Gasteiger partial charge in [-0.15, -0.1) is 0 Å². The Morgan fingerprint density at radius 2 is 1.59 bits per heavy atom. The number of hydrogen-bond acceptors (Lipinski definition) is 7. The molecule has 3 aromatic carbocycles. The molecule has 2 N–H and O–H groups in total. The summed E-state index contributed by atoms with van der Waals surface area (Å²) in [6.07, 6.45) is 4.63. The zero-order valence-corrected chi connectivity index (χ0v) is 20.8. The number of aromatic hydroxyl groups is 1. The van der Waals surface area contributed by atoms with Crippen molar-refractivity contribution in [2.45, 2.75) is 0 Å². The van der Waals surface area contributed by atoms with Crippen molar-refractivity contribution in [2.24, 2.45) is 0 Å². The average molecular weight is 503 g/mol. The number of carbonyl (C=O) groups is 1. The summed E-state index contributed by atoms with van der Waals surface area (Å²) >= 11 is 0. The number of benzene rings is 3. The first-order chi connectivity index (χ1) is 17.9. The van der Waals surface area contributed by atoms with Crippen molar-refractivity contribution < 1.29 is 28.8 Å². The van der Waals surface area contributed by atoms with E-state index in [2.05, 4.69) is 4.98 Å². The maximum atomic E-state index is 12.9. The van der Waals surface area contributed by atoms with Crippen LogP contribution in [0.1, 0.15) is 15.9 Å². The highest BCUT2D eigenvalue weighted by Gasteiger charge is 2.18. The van der Waals surface area contributed by atoms with Crippen LogP contribution in [0.15, 0.2) is 71.7 Å². The molecule has 1 aromatic heterocycles. The van der Waals surface area contributed by atoms with Crippen LogP contribution in [0.25, 0.3) is 23.0 Å². The molecule has 0 bridgehead atoms. The lowest BCUT2D eigenvalue weighted by Crippen LogP contribution is -2.16. The van der Waals surface area contributed by atoms with Gasteiger partial charge in [-0.1, -0.05) is 24.3 Å². The van der Waals surface area contributed by atoms with E-state index in [1.807, 2.05) is 0 Å². The smallest absolute Gasteiger partial charge is 0.330 e. The van der Waals surface area contributed by atoms with Gasteiger partial charge in [0.25, 0.3) is 0 Å². The molecule has 0 spiro atoms. The second kappa shape index (κ2) is 10.8. The van der Waals surface area contributed by atoms with Crippen molar-refractivity contribution in [2.75, 3.05) is 28.4 Å². The molecule has 0 saturated heterocycles. The van der Waals surface area contributed by atoms with Gasteiger partial charge >= 0.3 is 5.69 Å². The molecule has 0 unspecified atom stereocenters. The Kier molecular flexibility index (Phi) is 7.34. The molecule has 0 atom stereocenters. The number of rotatable bonds is 9. The number of phenolic OH excluding ortho intramolecular Hbond substituents is 1. The minimum absolute atomic E-state index is 0.0125. The Balaban J connectivity index is 1.71. The summed E-state index contributed by atoms with van der Waals surface area (Å²) in [5, 5.41) is 9.76. The molecule has 0 aliphatic carbocycles. The third-order valence-corrected chi connectivity index (χ3v) is 5.76. The van der Waals surface area contributed by atoms with Crippen LogP contribution >= 0.6 is 0 Å². The van der Waals surface area contributed by atoms with Crippen LogP contribution in [0.4, 0.5) is 0 Å². The Morgan fingerprint density at radius 3 is 2.24 bits per heavy atom. The maximum absolute atomic E-state index is 12.9. The van der Waals surface area contributed by atoms with E-state index in [0.29, 0.717) is 51.1 Å². The largest absolute Gasteiger partial charge is 0.504 e. The Hall–Kier alpha value is -4.92. The van der Waals surface area contributed by atoms with Crippen LogP contribution < -0.4 is 24.6 Å². The highest BCUT2D eigenvalue weighted by Crippen LogP contribution is 2.41. The van der Waals surface area contributed by atoms with Crippen molar-refractivity contribution in [3.63, 3.8) is 0 Å². The SMILES string of the molecule is COc1cc(C=CC(=O)c2cccc(-n3c(-c4cc(OC)c(OC)c(OC)c4)c[nH]c3=O)c2)ccc1O. The minimum Gasteiger partial charge on any atom is -0.504 e. The van der Waals surface area contributed by atoms with Gasteiger partial charge in [0.15, 0.2) is 28.8 Å². The summed E-state index contributed by atoms with van der Waals surface area (Å²) in [4.78, 5) is 28.5. The van der Waals surface area contributed by atoms with Crippen LogP contribution in [0, 0.1) is 0 Å². The van der Waals surface area contributed by atoms with Crippen molar-refractivity contribution in [3.8, 4) is 45.7 Å². The number of phenols is 1. The second-order valence-electron chi connectivity index (χ2n) is 7.91. The number of nitrogens with zero attached hydrogens (tertiary/aromatic N) is 1. The molecule has 9 nitrogen and oxygen atoms in total. The summed E-state index contributed by atoms with van der Waals surface area (Å²) < 4.78 is 22.9. The predicted octanol–water partition coefficient (Wildman–Crippen LogP) is 4.47. The number of ketones is 1. The summed E-state index contributed by atoms with van der Waals surface area (Å²) in [5.41, 5.74) is 2.39. The molecule has 0 amide bonds. The van der Waals surface area contributed by atoms with Gasteiger partial charge in [-0.05, 0) is 48.0 Å². The van der Waals surface area contributed by atoms with Gasteiger partial charge in [-0.2, -0.15) is 0 Å². The van der Waals surface area contributed by atoms with Gasteiger partial charge < -0.3 is 29.0 Å². The topological polar surface area (TPSA) is 112 Å². The third-order valence-electron chi connectivity index (χ3n) is 5.76. The molecular formula is C28H26N2O7. The molecule has 0 aliphatic heterocycles. The molecule has 190 valence electrons. The number of imidazole rings is 1. The van der Waals surface area contributed by atoms with Crippen LogP contribution in [-0.4, -0.2) is 48.9 Å². The zero-order valence-electron chi connectivity index (χ0n) is 20.8. The molecule has 9 heteroatoms. The maximum Gasteiger partial charge on any atom is 0.330 e. The van der Waals surface area contributed by atoms with Crippen LogP contribution in [-0.2, 0) is 0 Å². The molecule has 0 radical (unpaired) electrons. The summed E-state index contributed by atoms with van der Waals surface area (Å²) in [7, 11) is 6.00. The van der Waals surface area contributed by atoms with Gasteiger partial charge in [0.2, 0.25) is 5.75 Å². The summed E-state index contributed by atoms with van der Waals surface area (Å²) in [6, 6.07) is 15.0. The van der Waals surface area contributed by atoms with Crippen molar-refractivity contribution in [1.29, 1.82) is 0 Å². The van der Waals surface area contributed by atoms with E-state index in [9.17, 15) is 14.7 Å². The van der Waals surface area contributed by atoms with E-state index in [0.717, 1.165) is 0 Å². The fourth-order valence-corrected chi connectivity index (χ4v) is 3.93. The number of hydrogen-bond donors (Lipinski definition) is 2. The van der Waals surface area contributed by atoms with Gasteiger partial charge in [0, 0.05) is 17.3 Å². The molecular weight excluding hydrogens is 476 g/mol. The Labute approximate surface area is 213 Å². The van der Waals surface area contributed by atoms with Crippen molar-refractivity contribution in [1.82, 2.24) is 9.55 Å². The average Bonchev–Trinajstić information content (AvgIpc) is 3.32. The van der Waals surface area contributed by atoms with Crippen LogP contribution in [0.3, 0.4) is 0 Å². The van der Waals surface area contributed by atoms with E-state index in [1.165, 1.54) is 45.1 Å². The van der Waals surface area contributed by atoms with E-state index in [4.69, 9.17) is 18.9 Å². The monoisotopic (exact) mass is 502 g/mol. The number of ether oxygens (including phenoxy) is 4. The first kappa shape index (κ1) is 25.2. The number of H-pyrrole nitrogens is 1. The van der Waals surface area contributed by atoms with Crippen molar-refractivity contribution in [3.05, 3.63) is 88.5 Å². The van der Waals surface area contributed by atoms with E-state index < -0.39 is 0 Å². The lowest BCUT2D eigenvalue weighted by molar-refractivity contribution is 0.104. The zero-order chi connectivity index (χ0) is 26.5. The predicted molar refractivity (Wildman–Crippen MR) is 140 cm³/mol. The Morgan fingerprint density at radius 1 is 0.892 bits per heavy atom. The number of allylic oxidation sites excluding steroid dienone is 1. The van der Waals surface area contributed by atoms with Crippen LogP contribution in [0.5, 0.6) is 28.7 Å². The highest BCUT2D eigenvalue weighted by molar-refractivity contribution is 6.07. The molecule has 0 aliphatic rings. The second-order valence-corrected chi connectivity index (χ2v) is 7.91. The van der Waals surface area contributed by atoms with Gasteiger partial charge in [0.1, 0.15) is 0 Å². The number of aromatic amines is 1. The first-order valence-electron chi connectivity index (χ1n) is 11.2.